The normalized spacial score (nSPS) is 21.2. The van der Waals surface area contributed by atoms with E-state index in [0.29, 0.717) is 18.0 Å². The van der Waals surface area contributed by atoms with Gasteiger partial charge in [0.15, 0.2) is 0 Å². The van der Waals surface area contributed by atoms with Gasteiger partial charge in [-0.25, -0.2) is 12.8 Å². The van der Waals surface area contributed by atoms with Gasteiger partial charge in [-0.05, 0) is 49.4 Å². The highest BCUT2D eigenvalue weighted by Crippen LogP contribution is 2.30. The first-order chi connectivity index (χ1) is 8.84. The second-order valence-electron chi connectivity index (χ2n) is 5.48. The van der Waals surface area contributed by atoms with Gasteiger partial charge in [0.1, 0.15) is 5.82 Å². The Bertz CT molecular complexity index is 569. The summed E-state index contributed by atoms with van der Waals surface area (Å²) in [5.74, 6) is -0.0837. The van der Waals surface area contributed by atoms with Crippen molar-refractivity contribution in [3.05, 3.63) is 29.6 Å². The maximum atomic E-state index is 13.3. The zero-order chi connectivity index (χ0) is 14.2. The fourth-order valence-electron chi connectivity index (χ4n) is 2.64. The van der Waals surface area contributed by atoms with Crippen LogP contribution in [0.1, 0.15) is 32.3 Å². The van der Waals surface area contributed by atoms with Crippen LogP contribution in [0, 0.1) is 18.7 Å². The van der Waals surface area contributed by atoms with E-state index in [0.717, 1.165) is 12.8 Å². The quantitative estimate of drug-likeness (QED) is 0.856. The Hall–Kier alpha value is -0.940. The molecule has 1 aromatic carbocycles. The summed E-state index contributed by atoms with van der Waals surface area (Å²) in [5.41, 5.74) is 0.362. The van der Waals surface area contributed by atoms with Crippen LogP contribution in [0.5, 0.6) is 0 Å². The topological polar surface area (TPSA) is 37.4 Å². The summed E-state index contributed by atoms with van der Waals surface area (Å²) in [7, 11) is -3.51. The maximum absolute atomic E-state index is 13.3. The van der Waals surface area contributed by atoms with Crippen molar-refractivity contribution in [1.82, 2.24) is 4.31 Å². The Balaban J connectivity index is 2.39. The van der Waals surface area contributed by atoms with Crippen LogP contribution >= 0.6 is 0 Å². The summed E-state index contributed by atoms with van der Waals surface area (Å²) < 4.78 is 40.1. The number of benzene rings is 1. The zero-order valence-electron chi connectivity index (χ0n) is 11.6. The lowest BCUT2D eigenvalue weighted by Crippen LogP contribution is -2.38. The lowest BCUT2D eigenvalue weighted by molar-refractivity contribution is 0.315. The Morgan fingerprint density at radius 3 is 2.63 bits per heavy atom. The molecule has 0 N–H and O–H groups in total. The van der Waals surface area contributed by atoms with E-state index in [1.807, 2.05) is 13.8 Å². The van der Waals surface area contributed by atoms with Gasteiger partial charge in [0.05, 0.1) is 4.90 Å². The SMILES string of the molecule is Cc1cc(S(=O)(=O)N2CCCC2C(C)C)ccc1F. The third-order valence-corrected chi connectivity index (χ3v) is 5.67. The van der Waals surface area contributed by atoms with E-state index in [1.54, 1.807) is 11.2 Å². The molecule has 5 heteroatoms. The lowest BCUT2D eigenvalue weighted by atomic mass is 10.0. The smallest absolute Gasteiger partial charge is 0.207 e. The van der Waals surface area contributed by atoms with Crippen LogP contribution < -0.4 is 0 Å². The number of rotatable bonds is 3. The van der Waals surface area contributed by atoms with Crippen LogP contribution in [0.4, 0.5) is 4.39 Å². The minimum absolute atomic E-state index is 0.0513. The summed E-state index contributed by atoms with van der Waals surface area (Å²) in [6.45, 7) is 6.21. The fraction of sp³-hybridized carbons (Fsp3) is 0.571. The van der Waals surface area contributed by atoms with Gasteiger partial charge in [0.25, 0.3) is 0 Å². The van der Waals surface area contributed by atoms with Crippen LogP contribution in [-0.2, 0) is 10.0 Å². The fourth-order valence-corrected chi connectivity index (χ4v) is 4.55. The van der Waals surface area contributed by atoms with Gasteiger partial charge in [-0.2, -0.15) is 4.31 Å². The van der Waals surface area contributed by atoms with Crippen molar-refractivity contribution in [2.75, 3.05) is 6.54 Å². The van der Waals surface area contributed by atoms with Crippen molar-refractivity contribution in [3.8, 4) is 0 Å². The number of aryl methyl sites for hydroxylation is 1. The molecule has 0 amide bonds. The molecule has 1 fully saturated rings. The molecule has 0 spiro atoms. The molecule has 1 unspecified atom stereocenters. The molecule has 1 heterocycles. The Morgan fingerprint density at radius 1 is 1.37 bits per heavy atom. The van der Waals surface area contributed by atoms with E-state index in [-0.39, 0.29) is 16.8 Å². The first kappa shape index (κ1) is 14.5. The summed E-state index contributed by atoms with van der Waals surface area (Å²) in [6.07, 6.45) is 1.79. The van der Waals surface area contributed by atoms with E-state index in [2.05, 4.69) is 0 Å². The van der Waals surface area contributed by atoms with E-state index in [9.17, 15) is 12.8 Å². The monoisotopic (exact) mass is 285 g/mol. The van der Waals surface area contributed by atoms with Gasteiger partial charge in [0.2, 0.25) is 10.0 Å². The third-order valence-electron chi connectivity index (χ3n) is 3.75. The molecule has 0 radical (unpaired) electrons. The zero-order valence-corrected chi connectivity index (χ0v) is 12.4. The number of hydrogen-bond donors (Lipinski definition) is 0. The van der Waals surface area contributed by atoms with E-state index >= 15 is 0 Å². The van der Waals surface area contributed by atoms with Gasteiger partial charge in [-0.3, -0.25) is 0 Å². The number of hydrogen-bond acceptors (Lipinski definition) is 2. The van der Waals surface area contributed by atoms with Gasteiger partial charge in [0, 0.05) is 12.6 Å². The van der Waals surface area contributed by atoms with Crippen LogP contribution in [-0.4, -0.2) is 25.3 Å². The highest BCUT2D eigenvalue weighted by molar-refractivity contribution is 7.89. The molecule has 19 heavy (non-hydrogen) atoms. The molecule has 0 aromatic heterocycles. The molecule has 106 valence electrons. The van der Waals surface area contributed by atoms with Gasteiger partial charge < -0.3 is 0 Å². The molecule has 1 aliphatic heterocycles. The molecule has 0 saturated carbocycles. The second-order valence-corrected chi connectivity index (χ2v) is 7.37. The van der Waals surface area contributed by atoms with Crippen molar-refractivity contribution in [1.29, 1.82) is 0 Å². The molecule has 1 aromatic rings. The molecule has 2 rings (SSSR count). The van der Waals surface area contributed by atoms with Crippen LogP contribution in [0.25, 0.3) is 0 Å². The first-order valence-electron chi connectivity index (χ1n) is 6.62. The maximum Gasteiger partial charge on any atom is 0.243 e. The Kier molecular flexibility index (Phi) is 3.97. The highest BCUT2D eigenvalue weighted by atomic mass is 32.2. The third kappa shape index (κ3) is 2.67. The summed E-state index contributed by atoms with van der Waals surface area (Å²) in [5, 5.41) is 0. The van der Waals surface area contributed by atoms with E-state index in [4.69, 9.17) is 0 Å². The standard InChI is InChI=1S/C14H20FNO2S/c1-10(2)14-5-4-8-16(14)19(17,18)12-6-7-13(15)11(3)9-12/h6-7,9-10,14H,4-5,8H2,1-3H3. The van der Waals surface area contributed by atoms with Crippen LogP contribution in [0.3, 0.4) is 0 Å². The average Bonchev–Trinajstić information content (AvgIpc) is 2.82. The van der Waals surface area contributed by atoms with Crippen molar-refractivity contribution in [2.45, 2.75) is 44.6 Å². The van der Waals surface area contributed by atoms with E-state index in [1.165, 1.54) is 18.2 Å². The largest absolute Gasteiger partial charge is 0.243 e. The predicted molar refractivity (Wildman–Crippen MR) is 72.9 cm³/mol. The highest BCUT2D eigenvalue weighted by Gasteiger charge is 2.36. The number of halogens is 1. The Labute approximate surface area is 114 Å². The van der Waals surface area contributed by atoms with Crippen molar-refractivity contribution in [2.24, 2.45) is 5.92 Å². The molecule has 0 aliphatic carbocycles. The number of nitrogens with zero attached hydrogens (tertiary/aromatic N) is 1. The summed E-state index contributed by atoms with van der Waals surface area (Å²) >= 11 is 0. The van der Waals surface area contributed by atoms with Crippen LogP contribution in [0.15, 0.2) is 23.1 Å². The van der Waals surface area contributed by atoms with E-state index < -0.39 is 10.0 Å². The predicted octanol–water partition coefficient (Wildman–Crippen LogP) is 2.94. The van der Waals surface area contributed by atoms with Gasteiger partial charge >= 0.3 is 0 Å². The molecule has 1 atom stereocenters. The van der Waals surface area contributed by atoms with Gasteiger partial charge in [-0.15, -0.1) is 0 Å². The van der Waals surface area contributed by atoms with Crippen molar-refractivity contribution < 1.29 is 12.8 Å². The minimum Gasteiger partial charge on any atom is -0.207 e. The molecular weight excluding hydrogens is 265 g/mol. The van der Waals surface area contributed by atoms with Crippen molar-refractivity contribution in [3.63, 3.8) is 0 Å². The van der Waals surface area contributed by atoms with Crippen molar-refractivity contribution >= 4 is 10.0 Å². The second kappa shape index (κ2) is 5.21. The first-order valence-corrected chi connectivity index (χ1v) is 8.06. The Morgan fingerprint density at radius 2 is 2.05 bits per heavy atom. The molecule has 3 nitrogen and oxygen atoms in total. The number of sulfonamides is 1. The summed E-state index contributed by atoms with van der Waals surface area (Å²) in [6, 6.07) is 4.05. The average molecular weight is 285 g/mol. The summed E-state index contributed by atoms with van der Waals surface area (Å²) in [4.78, 5) is 0.193. The molecule has 0 bridgehead atoms. The molecule has 1 saturated heterocycles. The van der Waals surface area contributed by atoms with Gasteiger partial charge in [-0.1, -0.05) is 13.8 Å². The minimum atomic E-state index is -3.51. The molecular formula is C14H20FNO2S. The lowest BCUT2D eigenvalue weighted by Gasteiger charge is -2.27. The van der Waals surface area contributed by atoms with Crippen LogP contribution in [0.2, 0.25) is 0 Å². The molecule has 1 aliphatic rings.